The number of ether oxygens (including phenoxy) is 1. The highest BCUT2D eigenvalue weighted by atomic mass is 32.2. The van der Waals surface area contributed by atoms with Gasteiger partial charge in [0.2, 0.25) is 10.0 Å². The Morgan fingerprint density at radius 3 is 2.48 bits per heavy atom. The first-order chi connectivity index (χ1) is 12.0. The van der Waals surface area contributed by atoms with Crippen LogP contribution in [0.5, 0.6) is 5.75 Å². The summed E-state index contributed by atoms with van der Waals surface area (Å²) in [5, 5.41) is 2.84. The molecule has 1 aromatic carbocycles. The van der Waals surface area contributed by atoms with E-state index in [0.29, 0.717) is 51.5 Å². The number of hydrogen-bond donors (Lipinski definition) is 1. The third-order valence-electron chi connectivity index (χ3n) is 4.04. The Morgan fingerprint density at radius 1 is 1.12 bits per heavy atom. The van der Waals surface area contributed by atoms with E-state index in [0.717, 1.165) is 6.42 Å². The zero-order valence-electron chi connectivity index (χ0n) is 14.9. The van der Waals surface area contributed by atoms with Crippen molar-refractivity contribution in [2.24, 2.45) is 0 Å². The van der Waals surface area contributed by atoms with Crippen molar-refractivity contribution < 1.29 is 17.9 Å². The van der Waals surface area contributed by atoms with Crippen LogP contribution in [0.4, 0.5) is 4.79 Å². The fourth-order valence-corrected chi connectivity index (χ4v) is 4.17. The van der Waals surface area contributed by atoms with Gasteiger partial charge in [-0.1, -0.05) is 6.92 Å². The summed E-state index contributed by atoms with van der Waals surface area (Å²) >= 11 is 0. The van der Waals surface area contributed by atoms with Crippen LogP contribution < -0.4 is 10.1 Å². The molecule has 1 saturated heterocycles. The second kappa shape index (κ2) is 9.05. The molecule has 0 bridgehead atoms. The molecular formula is C17H27N3O4S. The number of carbonyl (C=O) groups is 1. The minimum absolute atomic E-state index is 0.123. The summed E-state index contributed by atoms with van der Waals surface area (Å²) in [6, 6.07) is 6.34. The Labute approximate surface area is 150 Å². The molecule has 1 heterocycles. The van der Waals surface area contributed by atoms with E-state index >= 15 is 0 Å². The van der Waals surface area contributed by atoms with Crippen LogP contribution in [0.1, 0.15) is 26.7 Å². The molecule has 0 radical (unpaired) electrons. The average molecular weight is 369 g/mol. The third kappa shape index (κ3) is 5.09. The fourth-order valence-electron chi connectivity index (χ4n) is 2.70. The molecule has 25 heavy (non-hydrogen) atoms. The summed E-state index contributed by atoms with van der Waals surface area (Å²) in [5.41, 5.74) is 0. The van der Waals surface area contributed by atoms with Crippen LogP contribution in [-0.2, 0) is 10.0 Å². The Kier molecular flexibility index (Phi) is 7.07. The van der Waals surface area contributed by atoms with Gasteiger partial charge in [-0.05, 0) is 44.0 Å². The topological polar surface area (TPSA) is 79.0 Å². The second-order valence-electron chi connectivity index (χ2n) is 5.88. The zero-order chi connectivity index (χ0) is 18.3. The van der Waals surface area contributed by atoms with Gasteiger partial charge in [0.05, 0.1) is 11.5 Å². The van der Waals surface area contributed by atoms with Crippen molar-refractivity contribution in [1.29, 1.82) is 0 Å². The molecule has 7 nitrogen and oxygen atoms in total. The lowest BCUT2D eigenvalue weighted by molar-refractivity contribution is 0.200. The standard InChI is InChI=1S/C17H27N3O4S/c1-3-10-18-17(21)19-11-5-12-20(14-13-19)25(22,23)16-8-6-15(7-9-16)24-4-2/h6-9H,3-5,10-14H2,1-2H3,(H,18,21). The molecule has 0 unspecified atom stereocenters. The number of nitrogens with one attached hydrogen (secondary N) is 1. The van der Waals surface area contributed by atoms with E-state index in [2.05, 4.69) is 5.32 Å². The van der Waals surface area contributed by atoms with Gasteiger partial charge < -0.3 is 15.0 Å². The van der Waals surface area contributed by atoms with Gasteiger partial charge in [0.1, 0.15) is 5.75 Å². The SMILES string of the molecule is CCCNC(=O)N1CCCN(S(=O)(=O)c2ccc(OCC)cc2)CC1. The maximum Gasteiger partial charge on any atom is 0.317 e. The molecule has 0 spiro atoms. The third-order valence-corrected chi connectivity index (χ3v) is 5.95. The lowest BCUT2D eigenvalue weighted by Crippen LogP contribution is -2.42. The van der Waals surface area contributed by atoms with Gasteiger partial charge in [0.15, 0.2) is 0 Å². The van der Waals surface area contributed by atoms with E-state index in [1.165, 1.54) is 4.31 Å². The summed E-state index contributed by atoms with van der Waals surface area (Å²) < 4.78 is 32.5. The molecule has 0 atom stereocenters. The van der Waals surface area contributed by atoms with Crippen molar-refractivity contribution in [3.05, 3.63) is 24.3 Å². The zero-order valence-corrected chi connectivity index (χ0v) is 15.7. The number of urea groups is 1. The Bertz CT molecular complexity index is 661. The van der Waals surface area contributed by atoms with Gasteiger partial charge >= 0.3 is 6.03 Å². The molecule has 1 aliphatic heterocycles. The van der Waals surface area contributed by atoms with Crippen LogP contribution in [0.3, 0.4) is 0 Å². The van der Waals surface area contributed by atoms with Crippen LogP contribution in [0.25, 0.3) is 0 Å². The lowest BCUT2D eigenvalue weighted by Gasteiger charge is -2.22. The number of amides is 2. The molecule has 0 aliphatic carbocycles. The van der Waals surface area contributed by atoms with Crippen LogP contribution in [0.2, 0.25) is 0 Å². The van der Waals surface area contributed by atoms with Gasteiger partial charge in [-0.15, -0.1) is 0 Å². The van der Waals surface area contributed by atoms with E-state index in [-0.39, 0.29) is 10.9 Å². The number of carbonyl (C=O) groups excluding carboxylic acids is 1. The summed E-state index contributed by atoms with van der Waals surface area (Å²) in [5.74, 6) is 0.649. The van der Waals surface area contributed by atoms with Crippen molar-refractivity contribution >= 4 is 16.1 Å². The summed E-state index contributed by atoms with van der Waals surface area (Å²) in [7, 11) is -3.56. The van der Waals surface area contributed by atoms with E-state index in [9.17, 15) is 13.2 Å². The molecule has 2 rings (SSSR count). The molecule has 8 heteroatoms. The molecular weight excluding hydrogens is 342 g/mol. The van der Waals surface area contributed by atoms with Crippen molar-refractivity contribution in [3.63, 3.8) is 0 Å². The van der Waals surface area contributed by atoms with Crippen molar-refractivity contribution in [2.45, 2.75) is 31.6 Å². The molecule has 1 aliphatic rings. The minimum Gasteiger partial charge on any atom is -0.494 e. The summed E-state index contributed by atoms with van der Waals surface area (Å²) in [6.45, 7) is 6.70. The molecule has 1 N–H and O–H groups in total. The Hall–Kier alpha value is -1.80. The summed E-state index contributed by atoms with van der Waals surface area (Å²) in [6.07, 6.45) is 1.49. The maximum absolute atomic E-state index is 12.8. The highest BCUT2D eigenvalue weighted by Crippen LogP contribution is 2.21. The molecule has 1 fully saturated rings. The number of sulfonamides is 1. The molecule has 0 saturated carbocycles. The minimum atomic E-state index is -3.56. The number of nitrogens with zero attached hydrogens (tertiary/aromatic N) is 2. The Morgan fingerprint density at radius 2 is 1.84 bits per heavy atom. The quantitative estimate of drug-likeness (QED) is 0.831. The van der Waals surface area contributed by atoms with E-state index in [4.69, 9.17) is 4.74 Å². The molecule has 1 aromatic rings. The smallest absolute Gasteiger partial charge is 0.317 e. The van der Waals surface area contributed by atoms with Gasteiger partial charge in [0, 0.05) is 32.7 Å². The van der Waals surface area contributed by atoms with E-state index in [1.807, 2.05) is 13.8 Å². The van der Waals surface area contributed by atoms with Crippen molar-refractivity contribution in [2.75, 3.05) is 39.3 Å². The second-order valence-corrected chi connectivity index (χ2v) is 7.82. The first-order valence-corrected chi connectivity index (χ1v) is 10.2. The summed E-state index contributed by atoms with van der Waals surface area (Å²) in [4.78, 5) is 14.0. The monoisotopic (exact) mass is 369 g/mol. The fraction of sp³-hybridized carbons (Fsp3) is 0.588. The Balaban J connectivity index is 2.03. The largest absolute Gasteiger partial charge is 0.494 e. The first-order valence-electron chi connectivity index (χ1n) is 8.74. The predicted octanol–water partition coefficient (Wildman–Crippen LogP) is 1.90. The van der Waals surface area contributed by atoms with Gasteiger partial charge in [-0.2, -0.15) is 4.31 Å². The lowest BCUT2D eigenvalue weighted by atomic mass is 10.3. The van der Waals surface area contributed by atoms with Crippen LogP contribution in [0, 0.1) is 0 Å². The number of rotatable bonds is 6. The first kappa shape index (κ1) is 19.5. The normalized spacial score (nSPS) is 16.3. The van der Waals surface area contributed by atoms with Gasteiger partial charge in [-0.25, -0.2) is 13.2 Å². The molecule has 140 valence electrons. The van der Waals surface area contributed by atoms with Gasteiger partial charge in [0.25, 0.3) is 0 Å². The van der Waals surface area contributed by atoms with E-state index in [1.54, 1.807) is 29.2 Å². The maximum atomic E-state index is 12.8. The highest BCUT2D eigenvalue weighted by Gasteiger charge is 2.28. The number of benzene rings is 1. The average Bonchev–Trinajstić information content (AvgIpc) is 2.87. The predicted molar refractivity (Wildman–Crippen MR) is 96.2 cm³/mol. The van der Waals surface area contributed by atoms with E-state index < -0.39 is 10.0 Å². The van der Waals surface area contributed by atoms with Crippen LogP contribution in [0.15, 0.2) is 29.2 Å². The highest BCUT2D eigenvalue weighted by molar-refractivity contribution is 7.89. The molecule has 0 aromatic heterocycles. The van der Waals surface area contributed by atoms with Crippen LogP contribution >= 0.6 is 0 Å². The van der Waals surface area contributed by atoms with Crippen molar-refractivity contribution in [1.82, 2.24) is 14.5 Å². The van der Waals surface area contributed by atoms with Crippen molar-refractivity contribution in [3.8, 4) is 5.75 Å². The number of hydrogen-bond acceptors (Lipinski definition) is 4. The van der Waals surface area contributed by atoms with Gasteiger partial charge in [-0.3, -0.25) is 0 Å². The molecule has 2 amide bonds. The van der Waals surface area contributed by atoms with Crippen LogP contribution in [-0.4, -0.2) is 63.0 Å².